The summed E-state index contributed by atoms with van der Waals surface area (Å²) in [6, 6.07) is 7.60. The number of alkyl halides is 3. The quantitative estimate of drug-likeness (QED) is 0.496. The number of ketones is 1. The first-order chi connectivity index (χ1) is 17.0. The van der Waals surface area contributed by atoms with Crippen molar-refractivity contribution in [3.8, 4) is 17.6 Å². The summed E-state index contributed by atoms with van der Waals surface area (Å²) in [6.45, 7) is 3.81. The molecule has 0 saturated carbocycles. The van der Waals surface area contributed by atoms with Crippen LogP contribution in [0.5, 0.6) is 5.75 Å². The molecule has 0 spiro atoms. The van der Waals surface area contributed by atoms with E-state index in [0.717, 1.165) is 29.6 Å². The smallest absolute Gasteiger partial charge is 0.457 e. The van der Waals surface area contributed by atoms with Crippen LogP contribution >= 0.6 is 0 Å². The minimum absolute atomic E-state index is 0.0373. The molecule has 1 aromatic carbocycles. The van der Waals surface area contributed by atoms with Gasteiger partial charge in [0.25, 0.3) is 0 Å². The van der Waals surface area contributed by atoms with Gasteiger partial charge >= 0.3 is 6.18 Å². The number of aliphatic hydroxyl groups is 1. The molecule has 7 heteroatoms. The van der Waals surface area contributed by atoms with E-state index < -0.39 is 23.8 Å². The number of halogens is 3. The van der Waals surface area contributed by atoms with Crippen LogP contribution in [-0.2, 0) is 9.53 Å². The first kappa shape index (κ1) is 26.5. The lowest BCUT2D eigenvalue weighted by molar-refractivity contribution is -0.114. The number of methoxy groups -OCH3 is 1. The lowest BCUT2D eigenvalue weighted by atomic mass is 9.67. The highest BCUT2D eigenvalue weighted by Crippen LogP contribution is 2.49. The number of allylic oxidation sites excluding steroid dienone is 3. The van der Waals surface area contributed by atoms with Gasteiger partial charge in [-0.1, -0.05) is 31.9 Å². The number of rotatable bonds is 2. The number of hydrogen-bond donors (Lipinski definition) is 1. The van der Waals surface area contributed by atoms with E-state index in [-0.39, 0.29) is 30.6 Å². The fourth-order valence-corrected chi connectivity index (χ4v) is 5.73. The van der Waals surface area contributed by atoms with Crippen molar-refractivity contribution in [2.24, 2.45) is 17.8 Å². The van der Waals surface area contributed by atoms with Crippen LogP contribution in [0.4, 0.5) is 13.2 Å². The van der Waals surface area contributed by atoms with Crippen molar-refractivity contribution in [3.05, 3.63) is 52.6 Å². The number of carbonyl (C=O) groups is 1. The molecule has 5 atom stereocenters. The van der Waals surface area contributed by atoms with Crippen LogP contribution in [-0.4, -0.2) is 36.4 Å². The average Bonchev–Trinajstić information content (AvgIpc) is 2.85. The Kier molecular flexibility index (Phi) is 7.68. The number of ether oxygens (including phenoxy) is 2. The van der Waals surface area contributed by atoms with Gasteiger partial charge in [-0.2, -0.15) is 13.2 Å². The fourth-order valence-electron chi connectivity index (χ4n) is 5.73. The predicted molar refractivity (Wildman–Crippen MR) is 130 cm³/mol. The van der Waals surface area contributed by atoms with E-state index in [0.29, 0.717) is 25.0 Å². The van der Waals surface area contributed by atoms with E-state index in [1.165, 1.54) is 11.5 Å². The normalized spacial score (nSPS) is 31.4. The third kappa shape index (κ3) is 5.71. The molecule has 1 saturated heterocycles. The highest BCUT2D eigenvalue weighted by atomic mass is 19.4. The molecule has 0 bridgehead atoms. The molecule has 2 aliphatic carbocycles. The summed E-state index contributed by atoms with van der Waals surface area (Å²) in [5.41, 5.74) is 2.52. The molecule has 194 valence electrons. The van der Waals surface area contributed by atoms with Crippen molar-refractivity contribution in [2.75, 3.05) is 13.7 Å². The van der Waals surface area contributed by atoms with Crippen molar-refractivity contribution < 1.29 is 32.5 Å². The first-order valence-corrected chi connectivity index (χ1v) is 12.6. The molecule has 1 fully saturated rings. The molecule has 0 aromatic heterocycles. The maximum atomic E-state index is 12.9. The summed E-state index contributed by atoms with van der Waals surface area (Å²) in [5.74, 6) is 3.84. The minimum Gasteiger partial charge on any atom is -0.497 e. The summed E-state index contributed by atoms with van der Waals surface area (Å²) in [7, 11) is 1.60. The Morgan fingerprint density at radius 1 is 1.11 bits per heavy atom. The highest BCUT2D eigenvalue weighted by Gasteiger charge is 2.41. The largest absolute Gasteiger partial charge is 0.497 e. The predicted octanol–water partition coefficient (Wildman–Crippen LogP) is 6.11. The van der Waals surface area contributed by atoms with Crippen molar-refractivity contribution in [1.29, 1.82) is 0 Å². The topological polar surface area (TPSA) is 55.8 Å². The van der Waals surface area contributed by atoms with Gasteiger partial charge in [0.15, 0.2) is 5.78 Å². The van der Waals surface area contributed by atoms with Gasteiger partial charge in [0.05, 0.1) is 13.7 Å². The SMILES string of the molecule is COc1ccc([C@@H]2OC[C@H](C)[C@](O)(C#CC(F)(F)F)CCC(C)C3CCC4=CC(=O)CCC4=C32)cc1. The molecular weight excluding hydrogens is 469 g/mol. The molecule has 4 rings (SSSR count). The van der Waals surface area contributed by atoms with Crippen LogP contribution in [0.3, 0.4) is 0 Å². The number of hydrogen-bond acceptors (Lipinski definition) is 4. The second-order valence-corrected chi connectivity index (χ2v) is 10.3. The van der Waals surface area contributed by atoms with Crippen molar-refractivity contribution in [1.82, 2.24) is 0 Å². The van der Waals surface area contributed by atoms with Gasteiger partial charge in [-0.05, 0) is 84.4 Å². The monoisotopic (exact) mass is 502 g/mol. The van der Waals surface area contributed by atoms with E-state index in [9.17, 15) is 23.1 Å². The molecule has 2 unspecified atom stereocenters. The van der Waals surface area contributed by atoms with Crippen molar-refractivity contribution in [2.45, 2.75) is 70.3 Å². The minimum atomic E-state index is -4.68. The second kappa shape index (κ2) is 10.4. The van der Waals surface area contributed by atoms with E-state index in [4.69, 9.17) is 9.47 Å². The van der Waals surface area contributed by atoms with Crippen molar-refractivity contribution >= 4 is 5.78 Å². The van der Waals surface area contributed by atoms with Gasteiger partial charge in [0.1, 0.15) is 17.5 Å². The van der Waals surface area contributed by atoms with Crippen LogP contribution < -0.4 is 4.74 Å². The Hall–Kier alpha value is -2.56. The third-order valence-corrected chi connectivity index (χ3v) is 7.93. The molecule has 0 amide bonds. The second-order valence-electron chi connectivity index (χ2n) is 10.3. The van der Waals surface area contributed by atoms with Crippen molar-refractivity contribution in [3.63, 3.8) is 0 Å². The van der Waals surface area contributed by atoms with Crippen LogP contribution in [0.25, 0.3) is 0 Å². The van der Waals surface area contributed by atoms with E-state index >= 15 is 0 Å². The van der Waals surface area contributed by atoms with Crippen LogP contribution in [0.2, 0.25) is 0 Å². The highest BCUT2D eigenvalue weighted by molar-refractivity contribution is 5.93. The van der Waals surface area contributed by atoms with Gasteiger partial charge in [-0.3, -0.25) is 4.79 Å². The number of carbonyl (C=O) groups excluding carboxylic acids is 1. The van der Waals surface area contributed by atoms with Crippen LogP contribution in [0.1, 0.15) is 64.0 Å². The zero-order valence-corrected chi connectivity index (χ0v) is 21.0. The van der Waals surface area contributed by atoms with Crippen LogP contribution in [0, 0.1) is 29.6 Å². The molecule has 1 N–H and O–H groups in total. The van der Waals surface area contributed by atoms with Gasteiger partial charge in [0.2, 0.25) is 0 Å². The first-order valence-electron chi connectivity index (χ1n) is 12.6. The van der Waals surface area contributed by atoms with Gasteiger partial charge in [0, 0.05) is 18.3 Å². The summed E-state index contributed by atoms with van der Waals surface area (Å²) in [4.78, 5) is 12.2. The molecule has 0 radical (unpaired) electrons. The molecule has 36 heavy (non-hydrogen) atoms. The Labute approximate surface area is 210 Å². The van der Waals surface area contributed by atoms with Gasteiger partial charge in [-0.15, -0.1) is 0 Å². The zero-order valence-electron chi connectivity index (χ0n) is 21.0. The molecule has 1 aliphatic heterocycles. The lowest BCUT2D eigenvalue weighted by Gasteiger charge is -2.42. The summed E-state index contributed by atoms with van der Waals surface area (Å²) < 4.78 is 50.5. The maximum Gasteiger partial charge on any atom is 0.457 e. The maximum absolute atomic E-state index is 12.9. The Balaban J connectivity index is 1.80. The molecular formula is C29H33F3O4. The Bertz CT molecular complexity index is 1110. The van der Waals surface area contributed by atoms with E-state index in [2.05, 4.69) is 12.8 Å². The number of benzene rings is 1. The summed E-state index contributed by atoms with van der Waals surface area (Å²) >= 11 is 0. The van der Waals surface area contributed by atoms with E-state index in [1.807, 2.05) is 24.3 Å². The van der Waals surface area contributed by atoms with E-state index in [1.54, 1.807) is 20.1 Å². The number of fused-ring (bicyclic) bond motifs is 2. The summed E-state index contributed by atoms with van der Waals surface area (Å²) in [6.07, 6.45) is 0.0294. The molecule has 1 heterocycles. The van der Waals surface area contributed by atoms with Gasteiger partial charge in [-0.25, -0.2) is 0 Å². The Morgan fingerprint density at radius 2 is 1.83 bits per heavy atom. The zero-order chi connectivity index (χ0) is 26.1. The summed E-state index contributed by atoms with van der Waals surface area (Å²) in [5, 5.41) is 11.3. The third-order valence-electron chi connectivity index (χ3n) is 7.93. The lowest BCUT2D eigenvalue weighted by Crippen LogP contribution is -2.40. The molecule has 3 aliphatic rings. The Morgan fingerprint density at radius 3 is 2.50 bits per heavy atom. The van der Waals surface area contributed by atoms with Crippen LogP contribution in [0.15, 0.2) is 47.1 Å². The standard InChI is InChI=1S/C29H33F3O4/c1-18-12-13-28(34,14-15-29(30,31)32)19(2)17-36-27(20-4-8-23(35-3)9-5-20)26-24(18)10-6-21-16-22(33)7-11-25(21)26/h4-5,8-9,16,18-19,24,27,34H,6-7,10-13,17H2,1-3H3/t18?,19-,24?,27-,28+/m0/s1. The molecule has 4 nitrogen and oxygen atoms in total. The molecule has 1 aromatic rings. The van der Waals surface area contributed by atoms with Gasteiger partial charge < -0.3 is 14.6 Å². The fraction of sp³-hybridized carbons (Fsp3) is 0.552. The average molecular weight is 503 g/mol.